The molecule has 0 N–H and O–H groups in total. The van der Waals surface area contributed by atoms with Crippen LogP contribution in [0.4, 0.5) is 13.2 Å². The number of amides is 1. The highest BCUT2D eigenvalue weighted by atomic mass is 79.9. The highest BCUT2D eigenvalue weighted by molar-refractivity contribution is 9.10. The van der Waals surface area contributed by atoms with E-state index in [2.05, 4.69) is 15.9 Å². The minimum atomic E-state index is -4.22. The maximum atomic E-state index is 12.8. The summed E-state index contributed by atoms with van der Waals surface area (Å²) in [6, 6.07) is 1.96. The lowest BCUT2D eigenvalue weighted by molar-refractivity contribution is -0.188. The highest BCUT2D eigenvalue weighted by Gasteiger charge is 2.42. The summed E-state index contributed by atoms with van der Waals surface area (Å²) in [5.41, 5.74) is 1.03. The number of aryl methyl sites for hydroxylation is 1. The first-order chi connectivity index (χ1) is 10.7. The van der Waals surface area contributed by atoms with Gasteiger partial charge in [-0.25, -0.2) is 0 Å². The summed E-state index contributed by atoms with van der Waals surface area (Å²) in [5.74, 6) is -1.64. The van der Waals surface area contributed by atoms with Gasteiger partial charge in [-0.15, -0.1) is 0 Å². The van der Waals surface area contributed by atoms with Gasteiger partial charge in [0, 0.05) is 43.0 Å². The third-order valence-electron chi connectivity index (χ3n) is 4.15. The van der Waals surface area contributed by atoms with Crippen molar-refractivity contribution in [1.29, 1.82) is 0 Å². The van der Waals surface area contributed by atoms with Crippen LogP contribution in [0, 0.1) is 5.92 Å². The maximum absolute atomic E-state index is 12.8. The summed E-state index contributed by atoms with van der Waals surface area (Å²) >= 11 is 3.39. The molecule has 0 aromatic carbocycles. The Morgan fingerprint density at radius 3 is 2.74 bits per heavy atom. The summed E-state index contributed by atoms with van der Waals surface area (Å²) < 4.78 is 41.4. The Bertz CT molecular complexity index is 559. The van der Waals surface area contributed by atoms with E-state index in [9.17, 15) is 18.0 Å². The predicted molar refractivity (Wildman–Crippen MR) is 84.8 cm³/mol. The lowest BCUT2D eigenvalue weighted by Crippen LogP contribution is -2.47. The molecule has 1 aromatic heterocycles. The van der Waals surface area contributed by atoms with E-state index in [1.807, 2.05) is 28.8 Å². The molecule has 1 aliphatic rings. The fraction of sp³-hybridized carbons (Fsp3) is 0.667. The third-order valence-corrected chi connectivity index (χ3v) is 4.58. The van der Waals surface area contributed by atoms with Crippen molar-refractivity contribution in [3.05, 3.63) is 22.4 Å². The molecule has 1 saturated heterocycles. The van der Waals surface area contributed by atoms with Gasteiger partial charge in [0.05, 0.1) is 12.5 Å². The van der Waals surface area contributed by atoms with Gasteiger partial charge in [-0.2, -0.15) is 13.2 Å². The lowest BCUT2D eigenvalue weighted by Gasteiger charge is -2.34. The van der Waals surface area contributed by atoms with Crippen LogP contribution in [-0.2, 0) is 18.4 Å². The van der Waals surface area contributed by atoms with Crippen LogP contribution in [0.15, 0.2) is 16.7 Å². The fourth-order valence-electron chi connectivity index (χ4n) is 2.86. The number of halogens is 4. The average Bonchev–Trinajstić information content (AvgIpc) is 2.75. The van der Waals surface area contributed by atoms with Crippen LogP contribution in [-0.4, -0.2) is 53.1 Å². The zero-order valence-electron chi connectivity index (χ0n) is 13.2. The van der Waals surface area contributed by atoms with Gasteiger partial charge in [-0.05, 0) is 41.9 Å². The molecule has 0 radical (unpaired) electrons. The molecular formula is C15H21BrF3N3O. The Morgan fingerprint density at radius 1 is 1.48 bits per heavy atom. The molecular weight excluding hydrogens is 375 g/mol. The quantitative estimate of drug-likeness (QED) is 0.783. The molecule has 2 heterocycles. The van der Waals surface area contributed by atoms with Gasteiger partial charge in [-0.1, -0.05) is 0 Å². The number of aromatic nitrogens is 1. The second-order valence-electron chi connectivity index (χ2n) is 6.15. The van der Waals surface area contributed by atoms with Crippen LogP contribution in [0.25, 0.3) is 0 Å². The van der Waals surface area contributed by atoms with E-state index in [1.165, 1.54) is 4.90 Å². The molecule has 2 rings (SSSR count). The lowest BCUT2D eigenvalue weighted by atomic mass is 9.97. The first-order valence-electron chi connectivity index (χ1n) is 7.50. The van der Waals surface area contributed by atoms with Crippen molar-refractivity contribution in [2.45, 2.75) is 25.6 Å². The standard InChI is InChI=1S/C15H21BrF3N3O/c1-20(9-13-6-12(16)8-21(13)2)10-14(23)22-5-3-4-11(7-22)15(17,18)19/h6,8,11H,3-5,7,9-10H2,1-2H3. The number of carbonyl (C=O) groups excluding carboxylic acids is 1. The van der Waals surface area contributed by atoms with E-state index in [-0.39, 0.29) is 25.4 Å². The monoisotopic (exact) mass is 395 g/mol. The summed E-state index contributed by atoms with van der Waals surface area (Å²) in [6.07, 6.45) is -1.78. The average molecular weight is 396 g/mol. The number of hydrogen-bond acceptors (Lipinski definition) is 2. The first kappa shape index (κ1) is 18.3. The summed E-state index contributed by atoms with van der Waals surface area (Å²) in [4.78, 5) is 15.4. The van der Waals surface area contributed by atoms with Crippen LogP contribution in [0.3, 0.4) is 0 Å². The molecule has 4 nitrogen and oxygen atoms in total. The molecule has 1 amide bonds. The Balaban J connectivity index is 1.89. The van der Waals surface area contributed by atoms with E-state index >= 15 is 0 Å². The van der Waals surface area contributed by atoms with Gasteiger partial charge in [0.2, 0.25) is 5.91 Å². The van der Waals surface area contributed by atoms with Crippen LogP contribution in [0.2, 0.25) is 0 Å². The van der Waals surface area contributed by atoms with Gasteiger partial charge in [0.25, 0.3) is 0 Å². The van der Waals surface area contributed by atoms with E-state index < -0.39 is 12.1 Å². The van der Waals surface area contributed by atoms with E-state index in [0.717, 1.165) is 10.2 Å². The number of alkyl halides is 3. The van der Waals surface area contributed by atoms with Gasteiger partial charge in [-0.3, -0.25) is 9.69 Å². The minimum Gasteiger partial charge on any atom is -0.352 e. The van der Waals surface area contributed by atoms with Gasteiger partial charge < -0.3 is 9.47 Å². The van der Waals surface area contributed by atoms with Crippen molar-refractivity contribution < 1.29 is 18.0 Å². The van der Waals surface area contributed by atoms with Gasteiger partial charge in [0.1, 0.15) is 0 Å². The summed E-state index contributed by atoms with van der Waals surface area (Å²) in [7, 11) is 3.71. The Kier molecular flexibility index (Phi) is 5.78. The van der Waals surface area contributed by atoms with Crippen molar-refractivity contribution >= 4 is 21.8 Å². The minimum absolute atomic E-state index is 0.112. The maximum Gasteiger partial charge on any atom is 0.393 e. The number of hydrogen-bond donors (Lipinski definition) is 0. The summed E-state index contributed by atoms with van der Waals surface area (Å²) in [6.45, 7) is 0.874. The molecule has 0 spiro atoms. The number of carbonyl (C=O) groups is 1. The number of piperidine rings is 1. The fourth-order valence-corrected chi connectivity index (χ4v) is 3.43. The van der Waals surface area contributed by atoms with Gasteiger partial charge >= 0.3 is 6.18 Å². The number of nitrogens with zero attached hydrogens (tertiary/aromatic N) is 3. The molecule has 8 heteroatoms. The second-order valence-corrected chi connectivity index (χ2v) is 7.07. The molecule has 1 aliphatic heterocycles. The zero-order valence-corrected chi connectivity index (χ0v) is 14.8. The predicted octanol–water partition coefficient (Wildman–Crippen LogP) is 3.02. The van der Waals surface area contributed by atoms with Crippen molar-refractivity contribution in [1.82, 2.24) is 14.4 Å². The number of likely N-dealkylation sites (tertiary alicyclic amines) is 1. The van der Waals surface area contributed by atoms with Crippen LogP contribution in [0.5, 0.6) is 0 Å². The Morgan fingerprint density at radius 2 is 2.17 bits per heavy atom. The Hall–Kier alpha value is -1.02. The summed E-state index contributed by atoms with van der Waals surface area (Å²) in [5, 5.41) is 0. The van der Waals surface area contributed by atoms with Crippen LogP contribution in [0.1, 0.15) is 18.5 Å². The smallest absolute Gasteiger partial charge is 0.352 e. The molecule has 1 atom stereocenters. The molecule has 0 bridgehead atoms. The number of rotatable bonds is 4. The topological polar surface area (TPSA) is 28.5 Å². The van der Waals surface area contributed by atoms with Crippen molar-refractivity contribution in [3.63, 3.8) is 0 Å². The normalized spacial score (nSPS) is 19.4. The largest absolute Gasteiger partial charge is 0.393 e. The highest BCUT2D eigenvalue weighted by Crippen LogP contribution is 2.33. The second kappa shape index (κ2) is 7.25. The van der Waals surface area contributed by atoms with E-state index in [0.29, 0.717) is 19.5 Å². The van der Waals surface area contributed by atoms with Gasteiger partial charge in [0.15, 0.2) is 0 Å². The number of likely N-dealkylation sites (N-methyl/N-ethyl adjacent to an activating group) is 1. The van der Waals surface area contributed by atoms with Crippen molar-refractivity contribution in [2.75, 3.05) is 26.7 Å². The molecule has 130 valence electrons. The molecule has 1 fully saturated rings. The van der Waals surface area contributed by atoms with Crippen LogP contribution < -0.4 is 0 Å². The Labute approximate surface area is 142 Å². The van der Waals surface area contributed by atoms with E-state index in [4.69, 9.17) is 0 Å². The molecule has 0 saturated carbocycles. The van der Waals surface area contributed by atoms with Crippen LogP contribution >= 0.6 is 15.9 Å². The molecule has 1 aromatic rings. The SMILES string of the molecule is CN(CC(=O)N1CCCC(C(F)(F)F)C1)Cc1cc(Br)cn1C. The van der Waals surface area contributed by atoms with Crippen molar-refractivity contribution in [3.8, 4) is 0 Å². The molecule has 1 unspecified atom stereocenters. The molecule has 0 aliphatic carbocycles. The zero-order chi connectivity index (χ0) is 17.2. The molecule has 23 heavy (non-hydrogen) atoms. The van der Waals surface area contributed by atoms with E-state index in [1.54, 1.807) is 7.05 Å². The van der Waals surface area contributed by atoms with Crippen molar-refractivity contribution in [2.24, 2.45) is 13.0 Å². The third kappa shape index (κ3) is 4.97. The first-order valence-corrected chi connectivity index (χ1v) is 8.30.